The summed E-state index contributed by atoms with van der Waals surface area (Å²) in [5.41, 5.74) is 0. The van der Waals surface area contributed by atoms with Crippen molar-refractivity contribution in [3.63, 3.8) is 0 Å². The van der Waals surface area contributed by atoms with Gasteiger partial charge < -0.3 is 20.3 Å². The van der Waals surface area contributed by atoms with E-state index in [-0.39, 0.29) is 18.0 Å². The average molecular weight is 203 g/mol. The molecule has 0 aliphatic rings. The van der Waals surface area contributed by atoms with E-state index in [0.717, 1.165) is 0 Å². The molecule has 0 aliphatic heterocycles. The Hall–Kier alpha value is -0.297. The number of nitrogens with zero attached hydrogens (tertiary/aromatic N) is 1. The van der Waals surface area contributed by atoms with Crippen LogP contribution < -0.4 is 0 Å². The van der Waals surface area contributed by atoms with Crippen LogP contribution in [0, 0.1) is 10.1 Å². The van der Waals surface area contributed by atoms with Crippen LogP contribution in [0.2, 0.25) is 0 Å². The minimum absolute atomic E-state index is 0. The second kappa shape index (κ2) is 10.6. The summed E-state index contributed by atoms with van der Waals surface area (Å²) in [6, 6.07) is 0. The Bertz CT molecular complexity index is 57.3. The first-order valence-electron chi connectivity index (χ1n) is 1.34. The Morgan fingerprint density at radius 3 is 1.33 bits per heavy atom. The normalized spacial score (nSPS) is 5.67. The van der Waals surface area contributed by atoms with Crippen molar-refractivity contribution in [1.29, 1.82) is 0 Å². The zero-order valence-electron chi connectivity index (χ0n) is 4.34. The van der Waals surface area contributed by atoms with E-state index in [0.29, 0.717) is 0 Å². The van der Waals surface area contributed by atoms with Crippen LogP contribution in [-0.2, 0) is 0 Å². The molecule has 0 saturated heterocycles. The van der Waals surface area contributed by atoms with E-state index in [1.807, 2.05) is 0 Å². The first-order chi connectivity index (χ1) is 3.46. The molecule has 0 aromatic carbocycles. The standard InChI is InChI=1S/AsH3.BH3O3.HNO3/c;2*2-1(3)4/h1H3;2-4H;(H,2,3,4). The fourth-order valence-corrected chi connectivity index (χ4v) is 0. The van der Waals surface area contributed by atoms with Gasteiger partial charge in [-0.15, -0.1) is 10.1 Å². The van der Waals surface area contributed by atoms with Gasteiger partial charge in [0, 0.05) is 0 Å². The maximum absolute atomic E-state index is 8.36. The molecular formula is H7AsBNO6. The third kappa shape index (κ3) is 2850. The van der Waals surface area contributed by atoms with E-state index in [9.17, 15) is 0 Å². The molecule has 0 radical (unpaired) electrons. The van der Waals surface area contributed by atoms with Crippen LogP contribution in [0.25, 0.3) is 0 Å². The molecule has 9 heteroatoms. The van der Waals surface area contributed by atoms with Crippen molar-refractivity contribution in [3.8, 4) is 0 Å². The molecule has 4 N–H and O–H groups in total. The Kier molecular flexibility index (Phi) is 18.8. The van der Waals surface area contributed by atoms with E-state index in [1.54, 1.807) is 0 Å². The maximum atomic E-state index is 8.36. The molecule has 1 unspecified atom stereocenters. The molecule has 0 spiro atoms. The summed E-state index contributed by atoms with van der Waals surface area (Å²) in [7, 11) is -2.17. The minimum atomic E-state index is -2.17. The molecule has 56 valence electrons. The van der Waals surface area contributed by atoms with Crippen molar-refractivity contribution >= 4 is 25.3 Å². The number of hydrogen-bond donors (Lipinski definition) is 4. The molecule has 0 rings (SSSR count). The third-order valence-corrected chi connectivity index (χ3v) is 0. The summed E-state index contributed by atoms with van der Waals surface area (Å²) >= 11 is 0. The summed E-state index contributed by atoms with van der Waals surface area (Å²) in [5.74, 6) is 0. The molecule has 0 bridgehead atoms. The van der Waals surface area contributed by atoms with Crippen LogP contribution in [0.3, 0.4) is 0 Å². The monoisotopic (exact) mass is 203 g/mol. The Morgan fingerprint density at radius 1 is 1.33 bits per heavy atom. The van der Waals surface area contributed by atoms with Crippen LogP contribution in [-0.4, -0.2) is 50.6 Å². The Morgan fingerprint density at radius 2 is 1.33 bits per heavy atom. The van der Waals surface area contributed by atoms with Gasteiger partial charge in [0.05, 0.1) is 0 Å². The average Bonchev–Trinajstić information content (AvgIpc) is 1.25. The van der Waals surface area contributed by atoms with E-state index < -0.39 is 12.4 Å². The summed E-state index contributed by atoms with van der Waals surface area (Å²) in [4.78, 5) is 8.36. The van der Waals surface area contributed by atoms with E-state index in [4.69, 9.17) is 30.4 Å². The summed E-state index contributed by atoms with van der Waals surface area (Å²) in [6.45, 7) is 0. The molecule has 9 heavy (non-hydrogen) atoms. The van der Waals surface area contributed by atoms with Crippen molar-refractivity contribution in [1.82, 2.24) is 0 Å². The fourth-order valence-electron chi connectivity index (χ4n) is 0. The molecule has 0 saturated carbocycles. The molecule has 1 atom stereocenters. The van der Waals surface area contributed by atoms with E-state index in [1.165, 1.54) is 0 Å². The quantitative estimate of drug-likeness (QED) is 0.183. The van der Waals surface area contributed by atoms with Crippen molar-refractivity contribution in [2.45, 2.75) is 0 Å². The first-order valence-corrected chi connectivity index (χ1v) is 1.34. The van der Waals surface area contributed by atoms with Crippen molar-refractivity contribution in [2.24, 2.45) is 0 Å². The molecule has 0 amide bonds. The van der Waals surface area contributed by atoms with Crippen molar-refractivity contribution < 1.29 is 25.4 Å². The molecule has 0 heterocycles. The third-order valence-electron chi connectivity index (χ3n) is 0. The molecule has 0 fully saturated rings. The molecule has 0 aliphatic carbocycles. The topological polar surface area (TPSA) is 124 Å². The molecule has 7 nitrogen and oxygen atoms in total. The summed E-state index contributed by atoms with van der Waals surface area (Å²) < 4.78 is 0. The second-order valence-electron chi connectivity index (χ2n) is 0.584. The SMILES string of the molecule is O=[N+]([O-])O.OB(O)O.[AsH3]. The first kappa shape index (κ1) is 15.9. The molecule has 0 aromatic rings. The number of rotatable bonds is 0. The second-order valence-corrected chi connectivity index (χ2v) is 0.584. The van der Waals surface area contributed by atoms with E-state index >= 15 is 0 Å². The molecular weight excluding hydrogens is 196 g/mol. The van der Waals surface area contributed by atoms with E-state index in [2.05, 4.69) is 0 Å². The van der Waals surface area contributed by atoms with Crippen molar-refractivity contribution in [2.75, 3.05) is 0 Å². The van der Waals surface area contributed by atoms with Crippen LogP contribution >= 0.6 is 0 Å². The van der Waals surface area contributed by atoms with Gasteiger partial charge in [-0.2, -0.15) is 0 Å². The zero-order chi connectivity index (χ0) is 7.15. The van der Waals surface area contributed by atoms with Gasteiger partial charge in [0.15, 0.2) is 0 Å². The summed E-state index contributed by atoms with van der Waals surface area (Å²) in [5, 5.41) is 35.1. The van der Waals surface area contributed by atoms with Gasteiger partial charge in [-0.1, -0.05) is 0 Å². The van der Waals surface area contributed by atoms with Gasteiger partial charge in [-0.3, -0.25) is 0 Å². The van der Waals surface area contributed by atoms with Gasteiger partial charge in [0.1, 0.15) is 0 Å². The van der Waals surface area contributed by atoms with Crippen LogP contribution in [0.4, 0.5) is 0 Å². The van der Waals surface area contributed by atoms with Gasteiger partial charge >= 0.3 is 25.3 Å². The predicted octanol–water partition coefficient (Wildman–Crippen LogP) is -3.58. The van der Waals surface area contributed by atoms with Gasteiger partial charge in [-0.05, 0) is 0 Å². The zero-order valence-corrected chi connectivity index (χ0v) is 7.30. The number of hydrogen-bond acceptors (Lipinski definition) is 5. The van der Waals surface area contributed by atoms with Crippen molar-refractivity contribution in [3.05, 3.63) is 10.1 Å². The Balaban J connectivity index is -0.0000000720. The van der Waals surface area contributed by atoms with Gasteiger partial charge in [-0.25, -0.2) is 0 Å². The van der Waals surface area contributed by atoms with Crippen LogP contribution in [0.15, 0.2) is 0 Å². The van der Waals surface area contributed by atoms with Crippen LogP contribution in [0.1, 0.15) is 0 Å². The van der Waals surface area contributed by atoms with Crippen LogP contribution in [0.5, 0.6) is 0 Å². The Labute approximate surface area is 61.5 Å². The molecule has 0 aromatic heterocycles. The van der Waals surface area contributed by atoms with Gasteiger partial charge in [0.2, 0.25) is 0 Å². The predicted molar refractivity (Wildman–Crippen MR) is 31.1 cm³/mol. The summed E-state index contributed by atoms with van der Waals surface area (Å²) in [6.07, 6.45) is 0. The van der Waals surface area contributed by atoms with Gasteiger partial charge in [0.25, 0.3) is 5.09 Å². The fraction of sp³-hybridized carbons (Fsp3) is 0.